The topological polar surface area (TPSA) is 47.4 Å². The van der Waals surface area contributed by atoms with E-state index in [1.165, 1.54) is 0 Å². The van der Waals surface area contributed by atoms with Crippen LogP contribution in [0.15, 0.2) is 48.7 Å². The third kappa shape index (κ3) is 3.65. The molecule has 0 aliphatic heterocycles. The van der Waals surface area contributed by atoms with E-state index >= 15 is 0 Å². The third-order valence-electron chi connectivity index (χ3n) is 4.46. The van der Waals surface area contributed by atoms with E-state index < -0.39 is 0 Å². The van der Waals surface area contributed by atoms with E-state index in [2.05, 4.69) is 23.3 Å². The number of carbonyl (C=O) groups is 1. The molecule has 3 aromatic rings. The molecule has 1 aromatic heterocycles. The molecule has 5 nitrogen and oxygen atoms in total. The van der Waals surface area contributed by atoms with Gasteiger partial charge in [-0.25, -0.2) is 0 Å². The number of benzene rings is 2. The zero-order valence-electron chi connectivity index (χ0n) is 15.1. The van der Waals surface area contributed by atoms with Gasteiger partial charge in [0.25, 0.3) is 5.91 Å². The highest BCUT2D eigenvalue weighted by atomic mass is 16.5. The predicted octanol–water partition coefficient (Wildman–Crippen LogP) is 3.49. The molecule has 0 radical (unpaired) electrons. The Hall–Kier alpha value is -2.82. The number of carbonyl (C=O) groups excluding carboxylic acids is 1. The Morgan fingerprint density at radius 3 is 2.56 bits per heavy atom. The molecule has 0 spiro atoms. The maximum Gasteiger partial charge on any atom is 0.260 e. The van der Waals surface area contributed by atoms with Crippen molar-refractivity contribution in [3.63, 3.8) is 0 Å². The molecule has 0 saturated carbocycles. The number of likely N-dealkylation sites (N-methyl/N-ethyl adjacent to an activating group) is 1. The maximum absolute atomic E-state index is 12.0. The molecule has 0 bridgehead atoms. The van der Waals surface area contributed by atoms with Gasteiger partial charge in [-0.3, -0.25) is 9.48 Å². The number of rotatable bonds is 5. The van der Waals surface area contributed by atoms with Crippen molar-refractivity contribution in [1.29, 1.82) is 0 Å². The maximum atomic E-state index is 12.0. The number of aromatic nitrogens is 2. The van der Waals surface area contributed by atoms with Crippen LogP contribution in [0, 0.1) is 0 Å². The summed E-state index contributed by atoms with van der Waals surface area (Å²) < 4.78 is 7.52. The second kappa shape index (κ2) is 6.97. The van der Waals surface area contributed by atoms with Crippen molar-refractivity contribution in [1.82, 2.24) is 14.7 Å². The lowest BCUT2D eigenvalue weighted by atomic mass is 10.0. The molecule has 2 aromatic carbocycles. The molecule has 3 rings (SSSR count). The molecule has 1 heterocycles. The summed E-state index contributed by atoms with van der Waals surface area (Å²) in [6.45, 7) is 4.01. The van der Waals surface area contributed by atoms with Crippen molar-refractivity contribution in [2.75, 3.05) is 13.7 Å². The summed E-state index contributed by atoms with van der Waals surface area (Å²) >= 11 is 0. The average molecular weight is 337 g/mol. The summed E-state index contributed by atoms with van der Waals surface area (Å²) in [6.07, 6.45) is 1.79. The largest absolute Gasteiger partial charge is 0.484 e. The van der Waals surface area contributed by atoms with E-state index in [0.29, 0.717) is 5.75 Å². The second-order valence-corrected chi connectivity index (χ2v) is 6.45. The van der Waals surface area contributed by atoms with Crippen molar-refractivity contribution in [2.24, 2.45) is 7.05 Å². The molecule has 1 amide bonds. The van der Waals surface area contributed by atoms with Gasteiger partial charge in [-0.1, -0.05) is 18.2 Å². The molecular weight excluding hydrogens is 314 g/mol. The van der Waals surface area contributed by atoms with Crippen molar-refractivity contribution in [2.45, 2.75) is 19.9 Å². The summed E-state index contributed by atoms with van der Waals surface area (Å²) in [5, 5.41) is 6.41. The van der Waals surface area contributed by atoms with E-state index in [4.69, 9.17) is 4.74 Å². The molecule has 0 aliphatic carbocycles. The lowest BCUT2D eigenvalue weighted by molar-refractivity contribution is -0.133. The SMILES string of the molecule is CC(C)N(C)C(=O)COc1ccc2cc(-c3ccnn3C)ccc2c1. The van der Waals surface area contributed by atoms with Crippen LogP contribution in [0.1, 0.15) is 13.8 Å². The van der Waals surface area contributed by atoms with Crippen LogP contribution >= 0.6 is 0 Å². The zero-order chi connectivity index (χ0) is 18.0. The van der Waals surface area contributed by atoms with Crippen molar-refractivity contribution in [3.8, 4) is 17.0 Å². The first-order valence-corrected chi connectivity index (χ1v) is 8.36. The van der Waals surface area contributed by atoms with Crippen molar-refractivity contribution < 1.29 is 9.53 Å². The first kappa shape index (κ1) is 17.0. The van der Waals surface area contributed by atoms with Gasteiger partial charge in [-0.05, 0) is 48.9 Å². The molecule has 0 saturated heterocycles. The van der Waals surface area contributed by atoms with E-state index in [1.54, 1.807) is 18.1 Å². The van der Waals surface area contributed by atoms with Crippen molar-refractivity contribution >= 4 is 16.7 Å². The minimum Gasteiger partial charge on any atom is -0.484 e. The fourth-order valence-corrected chi connectivity index (χ4v) is 2.66. The fraction of sp³-hybridized carbons (Fsp3) is 0.300. The minimum absolute atomic E-state index is 0.0262. The first-order valence-electron chi connectivity index (χ1n) is 8.36. The minimum atomic E-state index is -0.0262. The standard InChI is InChI=1S/C20H23N3O2/c1-14(2)22(3)20(24)13-25-18-8-7-15-11-17(6-5-16(15)12-18)19-9-10-21-23(19)4/h5-12,14H,13H2,1-4H3. The summed E-state index contributed by atoms with van der Waals surface area (Å²) in [7, 11) is 3.72. The molecular formula is C20H23N3O2. The molecule has 5 heteroatoms. The summed E-state index contributed by atoms with van der Waals surface area (Å²) in [4.78, 5) is 13.7. The number of amides is 1. The number of ether oxygens (including phenoxy) is 1. The summed E-state index contributed by atoms with van der Waals surface area (Å²) in [6, 6.07) is 14.3. The predicted molar refractivity (Wildman–Crippen MR) is 99.6 cm³/mol. The molecule has 25 heavy (non-hydrogen) atoms. The van der Waals surface area contributed by atoms with Gasteiger partial charge in [0.05, 0.1) is 5.69 Å². The van der Waals surface area contributed by atoms with Gasteiger partial charge in [-0.15, -0.1) is 0 Å². The molecule has 0 atom stereocenters. The Balaban J connectivity index is 1.77. The fourth-order valence-electron chi connectivity index (χ4n) is 2.66. The van der Waals surface area contributed by atoms with E-state index in [0.717, 1.165) is 22.0 Å². The monoisotopic (exact) mass is 337 g/mol. The number of hydrogen-bond acceptors (Lipinski definition) is 3. The van der Waals surface area contributed by atoms with Gasteiger partial charge in [0.2, 0.25) is 0 Å². The molecule has 0 N–H and O–H groups in total. The van der Waals surface area contributed by atoms with Crippen LogP contribution in [-0.4, -0.2) is 40.3 Å². The van der Waals surface area contributed by atoms with Crippen molar-refractivity contribution in [3.05, 3.63) is 48.7 Å². The van der Waals surface area contributed by atoms with Crippen LogP contribution in [0.25, 0.3) is 22.0 Å². The van der Waals surface area contributed by atoms with Gasteiger partial charge in [0.1, 0.15) is 5.75 Å². The molecule has 130 valence electrons. The Morgan fingerprint density at radius 1 is 1.16 bits per heavy atom. The van der Waals surface area contributed by atoms with Crippen LogP contribution in [0.2, 0.25) is 0 Å². The highest BCUT2D eigenvalue weighted by Crippen LogP contribution is 2.26. The van der Waals surface area contributed by atoms with E-state index in [9.17, 15) is 4.79 Å². The van der Waals surface area contributed by atoms with Crippen LogP contribution in [0.5, 0.6) is 5.75 Å². The summed E-state index contributed by atoms with van der Waals surface area (Å²) in [5.74, 6) is 0.674. The zero-order valence-corrected chi connectivity index (χ0v) is 15.1. The van der Waals surface area contributed by atoms with Gasteiger partial charge < -0.3 is 9.64 Å². The normalized spacial score (nSPS) is 11.1. The first-order chi connectivity index (χ1) is 12.0. The molecule has 0 aliphatic rings. The lowest BCUT2D eigenvalue weighted by Gasteiger charge is -2.21. The Bertz CT molecular complexity index is 899. The number of fused-ring (bicyclic) bond motifs is 1. The Morgan fingerprint density at radius 2 is 1.88 bits per heavy atom. The van der Waals surface area contributed by atoms with Crippen LogP contribution in [-0.2, 0) is 11.8 Å². The highest BCUT2D eigenvalue weighted by Gasteiger charge is 2.12. The van der Waals surface area contributed by atoms with Gasteiger partial charge in [0.15, 0.2) is 6.61 Å². The second-order valence-electron chi connectivity index (χ2n) is 6.45. The van der Waals surface area contributed by atoms with E-state index in [1.807, 2.05) is 49.8 Å². The molecule has 0 fully saturated rings. The van der Waals surface area contributed by atoms with E-state index in [-0.39, 0.29) is 18.6 Å². The number of aryl methyl sites for hydroxylation is 1. The Labute approximate surface area is 147 Å². The summed E-state index contributed by atoms with van der Waals surface area (Å²) in [5.41, 5.74) is 2.19. The van der Waals surface area contributed by atoms with Gasteiger partial charge in [0, 0.05) is 31.9 Å². The number of hydrogen-bond donors (Lipinski definition) is 0. The lowest BCUT2D eigenvalue weighted by Crippen LogP contribution is -2.36. The van der Waals surface area contributed by atoms with Gasteiger partial charge >= 0.3 is 0 Å². The highest BCUT2D eigenvalue weighted by molar-refractivity contribution is 5.88. The van der Waals surface area contributed by atoms with Crippen LogP contribution < -0.4 is 4.74 Å². The van der Waals surface area contributed by atoms with Crippen LogP contribution in [0.4, 0.5) is 0 Å². The number of nitrogens with zero attached hydrogens (tertiary/aromatic N) is 3. The van der Waals surface area contributed by atoms with Gasteiger partial charge in [-0.2, -0.15) is 5.10 Å². The molecule has 0 unspecified atom stereocenters. The van der Waals surface area contributed by atoms with Crippen LogP contribution in [0.3, 0.4) is 0 Å². The smallest absolute Gasteiger partial charge is 0.260 e. The third-order valence-corrected chi connectivity index (χ3v) is 4.46. The average Bonchev–Trinajstić information content (AvgIpc) is 3.04. The Kier molecular flexibility index (Phi) is 4.74. The quantitative estimate of drug-likeness (QED) is 0.716.